The topological polar surface area (TPSA) is 76.0 Å². The second-order valence-electron chi connectivity index (χ2n) is 6.50. The zero-order valence-corrected chi connectivity index (χ0v) is 16.4. The van der Waals surface area contributed by atoms with E-state index < -0.39 is 10.0 Å². The highest BCUT2D eigenvalue weighted by Gasteiger charge is 2.17. The van der Waals surface area contributed by atoms with Crippen molar-refractivity contribution >= 4 is 22.4 Å². The fraction of sp³-hybridized carbons (Fsp3) is 0.500. The molecule has 1 aromatic heterocycles. The summed E-state index contributed by atoms with van der Waals surface area (Å²) in [6.07, 6.45) is 10.5. The highest BCUT2D eigenvalue weighted by Crippen LogP contribution is 2.17. The molecule has 0 radical (unpaired) electrons. The second-order valence-corrected chi connectivity index (χ2v) is 8.26. The van der Waals surface area contributed by atoms with E-state index in [1.807, 2.05) is 30.3 Å². The summed E-state index contributed by atoms with van der Waals surface area (Å²) in [5.41, 5.74) is 0.832. The number of hydrogen-bond donors (Lipinski definition) is 2. The van der Waals surface area contributed by atoms with Gasteiger partial charge in [-0.3, -0.25) is 0 Å². The SMILES string of the molecule is Cl.O=S(=O)(NCCNC1CCCCCC1)c1cnn(-c2ccccc2)c1. The molecule has 1 heterocycles. The number of aromatic nitrogens is 2. The van der Waals surface area contributed by atoms with Crippen molar-refractivity contribution in [1.29, 1.82) is 0 Å². The number of halogens is 1. The van der Waals surface area contributed by atoms with Crippen LogP contribution in [0.25, 0.3) is 5.69 Å². The predicted octanol–water partition coefficient (Wildman–Crippen LogP) is 2.88. The molecule has 0 amide bonds. The first-order valence-electron chi connectivity index (χ1n) is 8.98. The minimum absolute atomic E-state index is 0. The molecule has 8 heteroatoms. The maximum absolute atomic E-state index is 12.4. The molecule has 144 valence electrons. The Kier molecular flexibility index (Phi) is 8.09. The molecule has 0 saturated heterocycles. The van der Waals surface area contributed by atoms with Gasteiger partial charge in [-0.15, -0.1) is 12.4 Å². The van der Waals surface area contributed by atoms with Crippen LogP contribution in [0.5, 0.6) is 0 Å². The van der Waals surface area contributed by atoms with E-state index in [-0.39, 0.29) is 17.3 Å². The first-order valence-corrected chi connectivity index (χ1v) is 10.5. The lowest BCUT2D eigenvalue weighted by atomic mass is 10.1. The van der Waals surface area contributed by atoms with E-state index in [0.717, 1.165) is 5.69 Å². The highest BCUT2D eigenvalue weighted by molar-refractivity contribution is 7.89. The van der Waals surface area contributed by atoms with Crippen LogP contribution in [0.1, 0.15) is 38.5 Å². The molecule has 0 atom stereocenters. The predicted molar refractivity (Wildman–Crippen MR) is 105 cm³/mol. The highest BCUT2D eigenvalue weighted by atomic mass is 35.5. The lowest BCUT2D eigenvalue weighted by Gasteiger charge is -2.16. The van der Waals surface area contributed by atoms with Crippen molar-refractivity contribution < 1.29 is 8.42 Å². The number of rotatable bonds is 7. The minimum Gasteiger partial charge on any atom is -0.313 e. The third-order valence-electron chi connectivity index (χ3n) is 4.60. The van der Waals surface area contributed by atoms with Crippen molar-refractivity contribution in [1.82, 2.24) is 19.8 Å². The van der Waals surface area contributed by atoms with Crippen molar-refractivity contribution in [3.63, 3.8) is 0 Å². The molecular formula is C18H27ClN4O2S. The molecule has 1 aliphatic carbocycles. The van der Waals surface area contributed by atoms with Crippen LogP contribution >= 0.6 is 12.4 Å². The van der Waals surface area contributed by atoms with Gasteiger partial charge in [-0.1, -0.05) is 43.9 Å². The van der Waals surface area contributed by atoms with Gasteiger partial charge in [0.2, 0.25) is 10.0 Å². The molecule has 26 heavy (non-hydrogen) atoms. The van der Waals surface area contributed by atoms with E-state index in [9.17, 15) is 8.42 Å². The summed E-state index contributed by atoms with van der Waals surface area (Å²) in [6, 6.07) is 9.98. The Balaban J connectivity index is 0.00000243. The lowest BCUT2D eigenvalue weighted by molar-refractivity contribution is 0.461. The third-order valence-corrected chi connectivity index (χ3v) is 6.01. The Morgan fingerprint density at radius 1 is 1.04 bits per heavy atom. The van der Waals surface area contributed by atoms with Crippen LogP contribution in [0.3, 0.4) is 0 Å². The maximum Gasteiger partial charge on any atom is 0.243 e. The van der Waals surface area contributed by atoms with E-state index in [1.165, 1.54) is 50.9 Å². The lowest BCUT2D eigenvalue weighted by Crippen LogP contribution is -2.36. The number of sulfonamides is 1. The Morgan fingerprint density at radius 2 is 1.73 bits per heavy atom. The molecular weight excluding hydrogens is 372 g/mol. The number of nitrogens with zero attached hydrogens (tertiary/aromatic N) is 2. The largest absolute Gasteiger partial charge is 0.313 e. The summed E-state index contributed by atoms with van der Waals surface area (Å²) in [5.74, 6) is 0. The first kappa shape index (κ1) is 20.9. The molecule has 0 unspecified atom stereocenters. The number of benzene rings is 1. The Morgan fingerprint density at radius 3 is 2.42 bits per heavy atom. The summed E-state index contributed by atoms with van der Waals surface area (Å²) in [4.78, 5) is 0.186. The smallest absolute Gasteiger partial charge is 0.243 e. The van der Waals surface area contributed by atoms with Gasteiger partial charge in [-0.2, -0.15) is 5.10 Å². The zero-order valence-electron chi connectivity index (χ0n) is 14.8. The van der Waals surface area contributed by atoms with Crippen molar-refractivity contribution in [3.05, 3.63) is 42.7 Å². The van der Waals surface area contributed by atoms with E-state index >= 15 is 0 Å². The van der Waals surface area contributed by atoms with E-state index in [0.29, 0.717) is 19.1 Å². The summed E-state index contributed by atoms with van der Waals surface area (Å²) >= 11 is 0. The van der Waals surface area contributed by atoms with Gasteiger partial charge in [0.15, 0.2) is 0 Å². The Hall–Kier alpha value is -1.41. The van der Waals surface area contributed by atoms with E-state index in [2.05, 4.69) is 15.1 Å². The maximum atomic E-state index is 12.4. The van der Waals surface area contributed by atoms with Crippen LogP contribution in [0, 0.1) is 0 Å². The van der Waals surface area contributed by atoms with Gasteiger partial charge in [0.25, 0.3) is 0 Å². The van der Waals surface area contributed by atoms with Crippen molar-refractivity contribution in [2.75, 3.05) is 13.1 Å². The molecule has 1 saturated carbocycles. The minimum atomic E-state index is -3.53. The number of nitrogens with one attached hydrogen (secondary N) is 2. The molecule has 1 fully saturated rings. The molecule has 1 aliphatic rings. The summed E-state index contributed by atoms with van der Waals surface area (Å²) < 4.78 is 29.0. The molecule has 1 aromatic carbocycles. The average molecular weight is 399 g/mol. The van der Waals surface area contributed by atoms with Crippen molar-refractivity contribution in [2.45, 2.75) is 49.5 Å². The molecule has 2 aromatic rings. The van der Waals surface area contributed by atoms with Gasteiger partial charge >= 0.3 is 0 Å². The molecule has 0 spiro atoms. The quantitative estimate of drug-likeness (QED) is 0.555. The average Bonchev–Trinajstić information content (AvgIpc) is 2.99. The summed E-state index contributed by atoms with van der Waals surface area (Å²) in [5, 5.41) is 7.62. The normalized spacial score (nSPS) is 16.0. The van der Waals surface area contributed by atoms with Gasteiger partial charge in [0.1, 0.15) is 4.90 Å². The van der Waals surface area contributed by atoms with Gasteiger partial charge in [-0.25, -0.2) is 17.8 Å². The molecule has 6 nitrogen and oxygen atoms in total. The first-order chi connectivity index (χ1) is 12.1. The standard InChI is InChI=1S/C18H26N4O2S.ClH/c23-25(24,21-13-12-19-16-8-4-1-2-5-9-16)18-14-20-22(15-18)17-10-6-3-7-11-17;/h3,6-7,10-11,14-16,19,21H,1-2,4-5,8-9,12-13H2;1H. The summed E-state index contributed by atoms with van der Waals surface area (Å²) in [7, 11) is -3.53. The molecule has 0 aliphatic heterocycles. The van der Waals surface area contributed by atoms with Gasteiger partial charge < -0.3 is 5.32 Å². The number of hydrogen-bond acceptors (Lipinski definition) is 4. The van der Waals surface area contributed by atoms with Gasteiger partial charge in [-0.05, 0) is 25.0 Å². The number of para-hydroxylation sites is 1. The molecule has 0 bridgehead atoms. The van der Waals surface area contributed by atoms with Gasteiger partial charge in [0, 0.05) is 19.1 Å². The van der Waals surface area contributed by atoms with Crippen LogP contribution < -0.4 is 10.0 Å². The Labute approximate surface area is 161 Å². The molecule has 3 rings (SSSR count). The van der Waals surface area contributed by atoms with Crippen LogP contribution in [-0.2, 0) is 10.0 Å². The third kappa shape index (κ3) is 5.81. The van der Waals surface area contributed by atoms with E-state index in [4.69, 9.17) is 0 Å². The second kappa shape index (κ2) is 10.1. The monoisotopic (exact) mass is 398 g/mol. The summed E-state index contributed by atoms with van der Waals surface area (Å²) in [6.45, 7) is 1.03. The van der Waals surface area contributed by atoms with Gasteiger partial charge in [0.05, 0.1) is 18.1 Å². The van der Waals surface area contributed by atoms with E-state index in [1.54, 1.807) is 4.68 Å². The zero-order chi connectivity index (χ0) is 17.5. The van der Waals surface area contributed by atoms with Crippen LogP contribution in [0.2, 0.25) is 0 Å². The van der Waals surface area contributed by atoms with Crippen LogP contribution in [0.15, 0.2) is 47.6 Å². The fourth-order valence-corrected chi connectivity index (χ4v) is 4.16. The van der Waals surface area contributed by atoms with Crippen LogP contribution in [-0.4, -0.2) is 37.3 Å². The Bertz CT molecular complexity index is 757. The van der Waals surface area contributed by atoms with Crippen molar-refractivity contribution in [2.24, 2.45) is 0 Å². The van der Waals surface area contributed by atoms with Crippen molar-refractivity contribution in [3.8, 4) is 5.69 Å². The fourth-order valence-electron chi connectivity index (χ4n) is 3.20. The molecule has 2 N–H and O–H groups in total. The van der Waals surface area contributed by atoms with Crippen LogP contribution in [0.4, 0.5) is 0 Å².